The molecule has 2 heterocycles. The molecule has 1 N–H and O–H groups in total. The third kappa shape index (κ3) is 3.90. The van der Waals surface area contributed by atoms with E-state index in [4.69, 9.17) is 4.74 Å². The Morgan fingerprint density at radius 1 is 1.21 bits per heavy atom. The van der Waals surface area contributed by atoms with Gasteiger partial charge in [-0.2, -0.15) is 11.8 Å². The maximum atomic E-state index is 13.3. The van der Waals surface area contributed by atoms with Crippen molar-refractivity contribution in [3.05, 3.63) is 35.4 Å². The Bertz CT molecular complexity index is 588. The van der Waals surface area contributed by atoms with Crippen molar-refractivity contribution in [1.82, 2.24) is 10.2 Å². The second-order valence-corrected chi connectivity index (χ2v) is 7.47. The first kappa shape index (κ1) is 17.6. The summed E-state index contributed by atoms with van der Waals surface area (Å²) in [5, 5.41) is 2.92. The van der Waals surface area contributed by atoms with Crippen LogP contribution in [0.1, 0.15) is 23.2 Å². The summed E-state index contributed by atoms with van der Waals surface area (Å²) in [6, 6.07) is 3.23. The molecule has 0 aliphatic carbocycles. The minimum absolute atomic E-state index is 0.104. The Morgan fingerprint density at radius 2 is 1.92 bits per heavy atom. The number of benzene rings is 1. The van der Waals surface area contributed by atoms with Crippen LogP contribution in [0.25, 0.3) is 0 Å². The van der Waals surface area contributed by atoms with E-state index in [0.717, 1.165) is 49.6 Å². The van der Waals surface area contributed by atoms with Gasteiger partial charge >= 0.3 is 0 Å². The molecule has 0 bridgehead atoms. The summed E-state index contributed by atoms with van der Waals surface area (Å²) in [4.78, 5) is 14.8. The monoisotopic (exact) mass is 356 g/mol. The lowest BCUT2D eigenvalue weighted by Crippen LogP contribution is -2.60. The molecular formula is C17H22F2N2O2S. The Kier molecular flexibility index (Phi) is 5.73. The van der Waals surface area contributed by atoms with E-state index in [-0.39, 0.29) is 17.0 Å². The first-order valence-corrected chi connectivity index (χ1v) is 9.40. The van der Waals surface area contributed by atoms with E-state index in [0.29, 0.717) is 19.8 Å². The lowest BCUT2D eigenvalue weighted by atomic mass is 9.87. The van der Waals surface area contributed by atoms with Crippen molar-refractivity contribution in [1.29, 1.82) is 0 Å². The van der Waals surface area contributed by atoms with Crippen LogP contribution in [-0.2, 0) is 4.74 Å². The van der Waals surface area contributed by atoms with E-state index in [9.17, 15) is 13.6 Å². The number of nitrogens with one attached hydrogen (secondary N) is 1. The second kappa shape index (κ2) is 7.80. The topological polar surface area (TPSA) is 41.6 Å². The van der Waals surface area contributed by atoms with Crippen LogP contribution in [0.4, 0.5) is 8.78 Å². The summed E-state index contributed by atoms with van der Waals surface area (Å²) in [7, 11) is 0. The van der Waals surface area contributed by atoms with Crippen LogP contribution in [0.15, 0.2) is 18.2 Å². The minimum Gasteiger partial charge on any atom is -0.381 e. The standard InChI is InChI=1S/C17H22F2N2O2S/c18-14-2-1-13(11-15(14)19)16(22)20-12-17(3-7-23-8-4-17)21-5-9-24-10-6-21/h1-2,11H,3-10,12H2,(H,20,22). The molecule has 2 aliphatic heterocycles. The molecular weight excluding hydrogens is 334 g/mol. The predicted octanol–water partition coefficient (Wildman–Crippen LogP) is 2.29. The molecule has 132 valence electrons. The molecule has 0 spiro atoms. The van der Waals surface area contributed by atoms with Crippen LogP contribution < -0.4 is 5.32 Å². The Hall–Kier alpha value is -1.18. The molecule has 4 nitrogen and oxygen atoms in total. The van der Waals surface area contributed by atoms with Crippen LogP contribution in [0.2, 0.25) is 0 Å². The molecule has 7 heteroatoms. The average Bonchev–Trinajstić information content (AvgIpc) is 2.63. The molecule has 1 aromatic rings. The van der Waals surface area contributed by atoms with Gasteiger partial charge < -0.3 is 10.1 Å². The molecule has 2 saturated heterocycles. The number of rotatable bonds is 4. The van der Waals surface area contributed by atoms with Crippen LogP contribution in [0.5, 0.6) is 0 Å². The van der Waals surface area contributed by atoms with Crippen LogP contribution in [0, 0.1) is 11.6 Å². The number of nitrogens with zero attached hydrogens (tertiary/aromatic N) is 1. The van der Waals surface area contributed by atoms with Crippen molar-refractivity contribution < 1.29 is 18.3 Å². The van der Waals surface area contributed by atoms with Gasteiger partial charge in [0.25, 0.3) is 5.91 Å². The normalized spacial score (nSPS) is 21.4. The molecule has 2 fully saturated rings. The summed E-state index contributed by atoms with van der Waals surface area (Å²) in [5.74, 6) is -0.125. The van der Waals surface area contributed by atoms with Gasteiger partial charge in [0, 0.05) is 55.5 Å². The highest BCUT2D eigenvalue weighted by molar-refractivity contribution is 7.99. The summed E-state index contributed by atoms with van der Waals surface area (Å²) >= 11 is 1.95. The summed E-state index contributed by atoms with van der Waals surface area (Å²) in [6.45, 7) is 3.88. The number of carbonyl (C=O) groups is 1. The van der Waals surface area contributed by atoms with Gasteiger partial charge in [0.15, 0.2) is 11.6 Å². The van der Waals surface area contributed by atoms with Crippen molar-refractivity contribution in [2.45, 2.75) is 18.4 Å². The number of thioether (sulfide) groups is 1. The fourth-order valence-corrected chi connectivity index (χ4v) is 4.28. The number of amides is 1. The van der Waals surface area contributed by atoms with E-state index in [1.54, 1.807) is 0 Å². The predicted molar refractivity (Wildman–Crippen MR) is 90.4 cm³/mol. The number of ether oxygens (including phenoxy) is 1. The zero-order valence-electron chi connectivity index (χ0n) is 13.5. The maximum Gasteiger partial charge on any atom is 0.251 e. The van der Waals surface area contributed by atoms with Crippen molar-refractivity contribution in [2.75, 3.05) is 44.4 Å². The number of halogens is 2. The molecule has 3 rings (SSSR count). The maximum absolute atomic E-state index is 13.3. The smallest absolute Gasteiger partial charge is 0.251 e. The van der Waals surface area contributed by atoms with Gasteiger partial charge in [-0.25, -0.2) is 8.78 Å². The SMILES string of the molecule is O=C(NCC1(N2CCSCC2)CCOCC1)c1ccc(F)c(F)c1. The average molecular weight is 356 g/mol. The molecule has 24 heavy (non-hydrogen) atoms. The summed E-state index contributed by atoms with van der Waals surface area (Å²) < 4.78 is 31.8. The molecule has 0 unspecified atom stereocenters. The summed E-state index contributed by atoms with van der Waals surface area (Å²) in [5.41, 5.74) is 0.0401. The van der Waals surface area contributed by atoms with Gasteiger partial charge in [-0.1, -0.05) is 0 Å². The van der Waals surface area contributed by atoms with E-state index < -0.39 is 11.6 Å². The summed E-state index contributed by atoms with van der Waals surface area (Å²) in [6.07, 6.45) is 1.74. The van der Waals surface area contributed by atoms with Gasteiger partial charge in [0.1, 0.15) is 0 Å². The van der Waals surface area contributed by atoms with E-state index in [2.05, 4.69) is 10.2 Å². The highest BCUT2D eigenvalue weighted by Gasteiger charge is 2.39. The van der Waals surface area contributed by atoms with Crippen molar-refractivity contribution >= 4 is 17.7 Å². The fraction of sp³-hybridized carbons (Fsp3) is 0.588. The van der Waals surface area contributed by atoms with Gasteiger partial charge in [-0.3, -0.25) is 9.69 Å². The van der Waals surface area contributed by atoms with E-state index in [1.165, 1.54) is 6.07 Å². The Morgan fingerprint density at radius 3 is 2.58 bits per heavy atom. The van der Waals surface area contributed by atoms with E-state index in [1.807, 2.05) is 11.8 Å². The lowest BCUT2D eigenvalue weighted by molar-refractivity contribution is -0.0237. The molecule has 0 saturated carbocycles. The number of hydrogen-bond donors (Lipinski definition) is 1. The lowest BCUT2D eigenvalue weighted by Gasteiger charge is -2.48. The molecule has 0 radical (unpaired) electrons. The van der Waals surface area contributed by atoms with Gasteiger partial charge in [0.2, 0.25) is 0 Å². The molecule has 0 aromatic heterocycles. The zero-order valence-corrected chi connectivity index (χ0v) is 14.3. The quantitative estimate of drug-likeness (QED) is 0.899. The highest BCUT2D eigenvalue weighted by atomic mass is 32.2. The van der Waals surface area contributed by atoms with Gasteiger partial charge in [-0.15, -0.1) is 0 Å². The third-order valence-electron chi connectivity index (χ3n) is 4.87. The first-order valence-electron chi connectivity index (χ1n) is 8.25. The Balaban J connectivity index is 1.68. The van der Waals surface area contributed by atoms with Gasteiger partial charge in [-0.05, 0) is 31.0 Å². The number of hydrogen-bond acceptors (Lipinski definition) is 4. The zero-order chi connectivity index (χ0) is 17.0. The largest absolute Gasteiger partial charge is 0.381 e. The van der Waals surface area contributed by atoms with Crippen molar-refractivity contribution in [2.24, 2.45) is 0 Å². The van der Waals surface area contributed by atoms with Crippen molar-refractivity contribution in [3.8, 4) is 0 Å². The number of carbonyl (C=O) groups excluding carboxylic acids is 1. The van der Waals surface area contributed by atoms with Crippen molar-refractivity contribution in [3.63, 3.8) is 0 Å². The van der Waals surface area contributed by atoms with Gasteiger partial charge in [0.05, 0.1) is 0 Å². The molecule has 0 atom stereocenters. The molecule has 2 aliphatic rings. The van der Waals surface area contributed by atoms with Crippen LogP contribution in [0.3, 0.4) is 0 Å². The Labute approximate surface area is 144 Å². The molecule has 1 amide bonds. The van der Waals surface area contributed by atoms with E-state index >= 15 is 0 Å². The first-order chi connectivity index (χ1) is 11.6. The highest BCUT2D eigenvalue weighted by Crippen LogP contribution is 2.30. The minimum atomic E-state index is -1.00. The second-order valence-electron chi connectivity index (χ2n) is 6.25. The fourth-order valence-electron chi connectivity index (χ4n) is 3.38. The molecule has 1 aromatic carbocycles. The third-order valence-corrected chi connectivity index (χ3v) is 5.81. The van der Waals surface area contributed by atoms with Crippen LogP contribution in [-0.4, -0.2) is 60.7 Å². The van der Waals surface area contributed by atoms with Crippen LogP contribution >= 0.6 is 11.8 Å².